The van der Waals surface area contributed by atoms with E-state index in [9.17, 15) is 14.4 Å². The summed E-state index contributed by atoms with van der Waals surface area (Å²) in [6.45, 7) is 8.28. The zero-order valence-corrected chi connectivity index (χ0v) is 18.0. The van der Waals surface area contributed by atoms with Gasteiger partial charge in [0.15, 0.2) is 17.3 Å². The number of halogens is 2. The van der Waals surface area contributed by atoms with Gasteiger partial charge < -0.3 is 0 Å². The molecule has 2 aromatic rings. The molecule has 0 N–H and O–H groups in total. The fourth-order valence-electron chi connectivity index (χ4n) is 3.97. The zero-order valence-electron chi connectivity index (χ0n) is 16.5. The van der Waals surface area contributed by atoms with Crippen molar-refractivity contribution < 1.29 is 14.4 Å². The molecule has 0 saturated heterocycles. The highest BCUT2D eigenvalue weighted by Gasteiger charge is 2.58. The van der Waals surface area contributed by atoms with E-state index in [1.54, 1.807) is 45.9 Å². The van der Waals surface area contributed by atoms with Crippen LogP contribution in [0.2, 0.25) is 10.0 Å². The first-order valence-electron chi connectivity index (χ1n) is 9.08. The van der Waals surface area contributed by atoms with Crippen molar-refractivity contribution in [2.75, 3.05) is 0 Å². The SMILES string of the molecule is Cc1ccc(-c2ccc(Cl)cc2Cl)cc1C1C(=O)C(C)(C)C(=O)C(C)(C)C1=O. The van der Waals surface area contributed by atoms with Crippen molar-refractivity contribution in [2.24, 2.45) is 10.8 Å². The summed E-state index contributed by atoms with van der Waals surface area (Å²) < 4.78 is 0. The molecule has 0 amide bonds. The van der Waals surface area contributed by atoms with Gasteiger partial charge >= 0.3 is 0 Å². The number of carbonyl (C=O) groups excluding carboxylic acids is 3. The van der Waals surface area contributed by atoms with Gasteiger partial charge in [0.25, 0.3) is 0 Å². The van der Waals surface area contributed by atoms with Gasteiger partial charge in [-0.3, -0.25) is 14.4 Å². The van der Waals surface area contributed by atoms with Gasteiger partial charge in [0.2, 0.25) is 0 Å². The molecule has 0 bridgehead atoms. The largest absolute Gasteiger partial charge is 0.298 e. The van der Waals surface area contributed by atoms with Crippen LogP contribution in [0.25, 0.3) is 11.1 Å². The molecule has 3 rings (SSSR count). The lowest BCUT2D eigenvalue weighted by molar-refractivity contribution is -0.157. The molecule has 1 saturated carbocycles. The monoisotopic (exact) mass is 416 g/mol. The third kappa shape index (κ3) is 3.11. The molecule has 1 aliphatic rings. The normalized spacial score (nSPS) is 19.2. The average molecular weight is 417 g/mol. The number of Topliss-reactive ketones (excluding diaryl/α,β-unsaturated/α-hetero) is 3. The fraction of sp³-hybridized carbons (Fsp3) is 0.348. The minimum atomic E-state index is -1.22. The van der Waals surface area contributed by atoms with Crippen LogP contribution in [0.5, 0.6) is 0 Å². The van der Waals surface area contributed by atoms with E-state index in [1.165, 1.54) is 0 Å². The number of hydrogen-bond acceptors (Lipinski definition) is 3. The van der Waals surface area contributed by atoms with E-state index in [0.717, 1.165) is 16.7 Å². The van der Waals surface area contributed by atoms with E-state index >= 15 is 0 Å². The van der Waals surface area contributed by atoms with Crippen molar-refractivity contribution in [1.29, 1.82) is 0 Å². The lowest BCUT2D eigenvalue weighted by atomic mass is 9.57. The lowest BCUT2D eigenvalue weighted by Crippen LogP contribution is -2.56. The fourth-order valence-corrected chi connectivity index (χ4v) is 4.49. The van der Waals surface area contributed by atoms with Crippen molar-refractivity contribution in [3.8, 4) is 11.1 Å². The second kappa shape index (κ2) is 6.82. The van der Waals surface area contributed by atoms with Crippen LogP contribution in [0, 0.1) is 17.8 Å². The average Bonchev–Trinajstić information content (AvgIpc) is 2.61. The molecule has 0 heterocycles. The van der Waals surface area contributed by atoms with Crippen molar-refractivity contribution >= 4 is 40.6 Å². The van der Waals surface area contributed by atoms with Crippen LogP contribution in [0.1, 0.15) is 44.7 Å². The summed E-state index contributed by atoms with van der Waals surface area (Å²) in [4.78, 5) is 39.1. The van der Waals surface area contributed by atoms with E-state index < -0.39 is 16.7 Å². The van der Waals surface area contributed by atoms with Gasteiger partial charge in [0, 0.05) is 15.6 Å². The predicted molar refractivity (Wildman–Crippen MR) is 112 cm³/mol. The number of hydrogen-bond donors (Lipinski definition) is 0. The van der Waals surface area contributed by atoms with Crippen LogP contribution in [0.3, 0.4) is 0 Å². The van der Waals surface area contributed by atoms with Crippen LogP contribution < -0.4 is 0 Å². The molecule has 146 valence electrons. The van der Waals surface area contributed by atoms with Gasteiger partial charge in [0.05, 0.1) is 10.8 Å². The van der Waals surface area contributed by atoms with Gasteiger partial charge in [0.1, 0.15) is 5.92 Å². The molecule has 0 atom stereocenters. The van der Waals surface area contributed by atoms with E-state index in [2.05, 4.69) is 0 Å². The van der Waals surface area contributed by atoms with Crippen LogP contribution in [-0.4, -0.2) is 17.3 Å². The first-order chi connectivity index (χ1) is 12.9. The molecule has 1 aliphatic carbocycles. The van der Waals surface area contributed by atoms with Gasteiger partial charge in [-0.05, 0) is 69.5 Å². The van der Waals surface area contributed by atoms with E-state index in [-0.39, 0.29) is 17.3 Å². The summed E-state index contributed by atoms with van der Waals surface area (Å²) in [5.41, 5.74) is 0.548. The smallest absolute Gasteiger partial charge is 0.160 e. The predicted octanol–water partition coefficient (Wildman–Crippen LogP) is 5.83. The highest BCUT2D eigenvalue weighted by Crippen LogP contribution is 2.46. The summed E-state index contributed by atoms with van der Waals surface area (Å²) in [6.07, 6.45) is 0. The summed E-state index contributed by atoms with van der Waals surface area (Å²) >= 11 is 12.3. The maximum absolute atomic E-state index is 13.2. The maximum atomic E-state index is 13.2. The van der Waals surface area contributed by atoms with Gasteiger partial charge in [-0.1, -0.05) is 41.4 Å². The van der Waals surface area contributed by atoms with E-state index in [0.29, 0.717) is 15.6 Å². The van der Waals surface area contributed by atoms with Crippen molar-refractivity contribution in [3.05, 3.63) is 57.6 Å². The minimum Gasteiger partial charge on any atom is -0.298 e. The molecular weight excluding hydrogens is 395 g/mol. The van der Waals surface area contributed by atoms with E-state index in [1.807, 2.05) is 25.1 Å². The number of benzene rings is 2. The molecule has 0 spiro atoms. The van der Waals surface area contributed by atoms with Crippen LogP contribution >= 0.6 is 23.2 Å². The minimum absolute atomic E-state index is 0.333. The molecule has 5 heteroatoms. The zero-order chi connectivity index (χ0) is 21.0. The first-order valence-corrected chi connectivity index (χ1v) is 9.84. The van der Waals surface area contributed by atoms with E-state index in [4.69, 9.17) is 23.2 Å². The van der Waals surface area contributed by atoms with Gasteiger partial charge in [-0.25, -0.2) is 0 Å². The quantitative estimate of drug-likeness (QED) is 0.578. The Kier molecular flexibility index (Phi) is 5.06. The Morgan fingerprint density at radius 1 is 0.821 bits per heavy atom. The third-order valence-electron chi connectivity index (χ3n) is 5.72. The molecule has 3 nitrogen and oxygen atoms in total. The van der Waals surface area contributed by atoms with Crippen LogP contribution in [0.4, 0.5) is 0 Å². The molecule has 2 aromatic carbocycles. The molecule has 0 aromatic heterocycles. The molecule has 0 aliphatic heterocycles. The van der Waals surface area contributed by atoms with Gasteiger partial charge in [-0.15, -0.1) is 0 Å². The highest BCUT2D eigenvalue weighted by molar-refractivity contribution is 6.36. The Labute approximate surface area is 175 Å². The highest BCUT2D eigenvalue weighted by atomic mass is 35.5. The topological polar surface area (TPSA) is 51.2 Å². The van der Waals surface area contributed by atoms with Crippen molar-refractivity contribution in [1.82, 2.24) is 0 Å². The Morgan fingerprint density at radius 3 is 1.93 bits per heavy atom. The Balaban J connectivity index is 2.19. The number of aryl methyl sites for hydroxylation is 1. The summed E-state index contributed by atoms with van der Waals surface area (Å²) in [7, 11) is 0. The first kappa shape index (κ1) is 20.8. The second-order valence-electron chi connectivity index (χ2n) is 8.44. The summed E-state index contributed by atoms with van der Waals surface area (Å²) in [6, 6.07) is 10.8. The van der Waals surface area contributed by atoms with Crippen LogP contribution in [-0.2, 0) is 14.4 Å². The lowest BCUT2D eigenvalue weighted by Gasteiger charge is -2.41. The molecule has 0 unspecified atom stereocenters. The van der Waals surface area contributed by atoms with Crippen molar-refractivity contribution in [3.63, 3.8) is 0 Å². The molecule has 0 radical (unpaired) electrons. The standard InChI is InChI=1S/C23H22Cl2O3/c1-12-6-7-13(15-9-8-14(24)11-17(15)25)10-16(12)18-19(26)22(2,3)21(28)23(4,5)20(18)27/h6-11,18H,1-5H3. The summed E-state index contributed by atoms with van der Waals surface area (Å²) in [5, 5.41) is 1.01. The number of carbonyl (C=O) groups is 3. The summed E-state index contributed by atoms with van der Waals surface area (Å²) in [5.74, 6) is -2.02. The number of ketones is 3. The third-order valence-corrected chi connectivity index (χ3v) is 6.27. The Morgan fingerprint density at radius 2 is 1.39 bits per heavy atom. The van der Waals surface area contributed by atoms with Crippen molar-refractivity contribution in [2.45, 2.75) is 40.5 Å². The molecule has 1 fully saturated rings. The molecule has 28 heavy (non-hydrogen) atoms. The second-order valence-corrected chi connectivity index (χ2v) is 9.28. The van der Waals surface area contributed by atoms with Gasteiger partial charge in [-0.2, -0.15) is 0 Å². The Hall–Kier alpha value is -1.97. The van der Waals surface area contributed by atoms with Crippen LogP contribution in [0.15, 0.2) is 36.4 Å². The number of rotatable bonds is 2. The maximum Gasteiger partial charge on any atom is 0.160 e. The molecular formula is C23H22Cl2O3. The Bertz CT molecular complexity index is 989.